The lowest BCUT2D eigenvalue weighted by atomic mass is 10.1. The molecule has 1 heterocycles. The molecule has 0 aliphatic carbocycles. The number of aromatic nitrogens is 2. The highest BCUT2D eigenvalue weighted by molar-refractivity contribution is 6.03. The Morgan fingerprint density at radius 2 is 1.68 bits per heavy atom. The van der Waals surface area contributed by atoms with Crippen LogP contribution in [0.15, 0.2) is 75.4 Å². The lowest BCUT2D eigenvalue weighted by Crippen LogP contribution is -2.33. The van der Waals surface area contributed by atoms with Crippen molar-refractivity contribution in [1.29, 1.82) is 0 Å². The number of carbonyl (C=O) groups is 1. The van der Waals surface area contributed by atoms with Gasteiger partial charge in [-0.1, -0.05) is 43.3 Å². The third-order valence-electron chi connectivity index (χ3n) is 4.05. The first-order valence-electron chi connectivity index (χ1n) is 8.59. The molecule has 0 aliphatic heterocycles. The average Bonchev–Trinajstić information content (AvgIpc) is 2.71. The Hall–Kier alpha value is -3.94. The van der Waals surface area contributed by atoms with E-state index >= 15 is 0 Å². The van der Waals surface area contributed by atoms with Crippen LogP contribution in [0.3, 0.4) is 0 Å². The molecule has 0 fully saturated rings. The number of benzene rings is 2. The van der Waals surface area contributed by atoms with Crippen LogP contribution >= 0.6 is 0 Å². The number of H-pyrrole nitrogens is 1. The summed E-state index contributed by atoms with van der Waals surface area (Å²) in [7, 11) is 0. The Kier molecular flexibility index (Phi) is 5.50. The standard InChI is InChI=1S/C20H18N4O4/c1-2-15(22-23-17(25)13-9-5-3-6-10-13)16-18(26)21-20(28)24(19(16)27)14-11-7-4-8-12-14/h3-12,27H,2H2,1H3,(H,23,25)(H,21,26,28)/b22-15+. The number of amides is 1. The minimum atomic E-state index is -0.788. The van der Waals surface area contributed by atoms with Crippen molar-refractivity contribution in [3.8, 4) is 11.6 Å². The van der Waals surface area contributed by atoms with Gasteiger partial charge in [-0.15, -0.1) is 0 Å². The van der Waals surface area contributed by atoms with Gasteiger partial charge in [0.15, 0.2) is 0 Å². The number of hydrogen-bond acceptors (Lipinski definition) is 5. The fourth-order valence-corrected chi connectivity index (χ4v) is 2.69. The Morgan fingerprint density at radius 3 is 2.29 bits per heavy atom. The summed E-state index contributed by atoms with van der Waals surface area (Å²) in [4.78, 5) is 38.9. The summed E-state index contributed by atoms with van der Waals surface area (Å²) in [5.74, 6) is -1.01. The number of para-hydroxylation sites is 1. The number of hydrazone groups is 1. The fraction of sp³-hybridized carbons (Fsp3) is 0.100. The van der Waals surface area contributed by atoms with E-state index in [1.54, 1.807) is 67.6 Å². The van der Waals surface area contributed by atoms with Crippen LogP contribution in [0.2, 0.25) is 0 Å². The Morgan fingerprint density at radius 1 is 1.07 bits per heavy atom. The fourth-order valence-electron chi connectivity index (χ4n) is 2.69. The highest BCUT2D eigenvalue weighted by Gasteiger charge is 2.19. The van der Waals surface area contributed by atoms with E-state index in [4.69, 9.17) is 0 Å². The van der Waals surface area contributed by atoms with Gasteiger partial charge in [0, 0.05) is 5.56 Å². The summed E-state index contributed by atoms with van der Waals surface area (Å²) >= 11 is 0. The molecule has 1 aromatic heterocycles. The topological polar surface area (TPSA) is 117 Å². The van der Waals surface area contributed by atoms with Gasteiger partial charge < -0.3 is 5.11 Å². The Balaban J connectivity index is 2.04. The monoisotopic (exact) mass is 378 g/mol. The molecule has 0 saturated carbocycles. The molecule has 0 radical (unpaired) electrons. The third-order valence-corrected chi connectivity index (χ3v) is 4.05. The van der Waals surface area contributed by atoms with E-state index in [2.05, 4.69) is 15.5 Å². The zero-order chi connectivity index (χ0) is 20.1. The maximum atomic E-state index is 12.3. The molecule has 0 atom stereocenters. The zero-order valence-electron chi connectivity index (χ0n) is 15.0. The zero-order valence-corrected chi connectivity index (χ0v) is 15.0. The van der Waals surface area contributed by atoms with Crippen molar-refractivity contribution < 1.29 is 9.90 Å². The molecule has 2 aromatic carbocycles. The second-order valence-electron chi connectivity index (χ2n) is 5.85. The van der Waals surface area contributed by atoms with Crippen molar-refractivity contribution in [3.63, 3.8) is 0 Å². The molecule has 3 N–H and O–H groups in total. The van der Waals surface area contributed by atoms with Gasteiger partial charge in [0.05, 0.1) is 11.4 Å². The highest BCUT2D eigenvalue weighted by Crippen LogP contribution is 2.17. The number of aromatic amines is 1. The van der Waals surface area contributed by atoms with Crippen molar-refractivity contribution in [2.75, 3.05) is 0 Å². The van der Waals surface area contributed by atoms with Gasteiger partial charge in [-0.2, -0.15) is 5.10 Å². The van der Waals surface area contributed by atoms with Crippen LogP contribution in [-0.2, 0) is 0 Å². The van der Waals surface area contributed by atoms with Crippen LogP contribution in [0.5, 0.6) is 5.88 Å². The lowest BCUT2D eigenvalue weighted by Gasteiger charge is -2.12. The molecule has 0 aliphatic rings. The largest absolute Gasteiger partial charge is 0.493 e. The van der Waals surface area contributed by atoms with E-state index in [0.29, 0.717) is 11.3 Å². The minimum Gasteiger partial charge on any atom is -0.493 e. The van der Waals surface area contributed by atoms with E-state index in [9.17, 15) is 19.5 Å². The predicted octanol–water partition coefficient (Wildman–Crippen LogP) is 1.78. The summed E-state index contributed by atoms with van der Waals surface area (Å²) < 4.78 is 0.973. The van der Waals surface area contributed by atoms with E-state index in [0.717, 1.165) is 4.57 Å². The van der Waals surface area contributed by atoms with Gasteiger partial charge in [0.2, 0.25) is 5.88 Å². The van der Waals surface area contributed by atoms with Crippen LogP contribution in [0, 0.1) is 0 Å². The Bertz CT molecular complexity index is 1130. The second kappa shape index (κ2) is 8.17. The molecule has 8 nitrogen and oxygen atoms in total. The van der Waals surface area contributed by atoms with Crippen molar-refractivity contribution in [3.05, 3.63) is 92.6 Å². The van der Waals surface area contributed by atoms with Crippen molar-refractivity contribution in [2.45, 2.75) is 13.3 Å². The number of nitrogens with one attached hydrogen (secondary N) is 2. The molecule has 3 rings (SSSR count). The third kappa shape index (κ3) is 3.75. The highest BCUT2D eigenvalue weighted by atomic mass is 16.3. The molecule has 0 saturated heterocycles. The lowest BCUT2D eigenvalue weighted by molar-refractivity contribution is 0.0954. The Labute approximate surface area is 159 Å². The van der Waals surface area contributed by atoms with E-state index < -0.39 is 23.0 Å². The molecule has 1 amide bonds. The van der Waals surface area contributed by atoms with Gasteiger partial charge in [-0.3, -0.25) is 14.6 Å². The van der Waals surface area contributed by atoms with Crippen LogP contribution in [-0.4, -0.2) is 26.3 Å². The average molecular weight is 378 g/mol. The van der Waals surface area contributed by atoms with Crippen molar-refractivity contribution in [2.24, 2.45) is 5.10 Å². The SMILES string of the molecule is CC/C(=N\NC(=O)c1ccccc1)c1c(O)n(-c2ccccc2)c(=O)[nH]c1=O. The number of rotatable bonds is 5. The summed E-state index contributed by atoms with van der Waals surface area (Å²) in [5.41, 5.74) is 1.54. The molecular formula is C20H18N4O4. The van der Waals surface area contributed by atoms with E-state index in [1.165, 1.54) is 0 Å². The van der Waals surface area contributed by atoms with Crippen LogP contribution < -0.4 is 16.7 Å². The number of nitrogens with zero attached hydrogens (tertiary/aromatic N) is 2. The van der Waals surface area contributed by atoms with Gasteiger partial charge in [0.1, 0.15) is 5.56 Å². The number of carbonyl (C=O) groups excluding carboxylic acids is 1. The number of aromatic hydroxyl groups is 1. The molecule has 0 unspecified atom stereocenters. The maximum Gasteiger partial charge on any atom is 0.335 e. The van der Waals surface area contributed by atoms with Crippen LogP contribution in [0.4, 0.5) is 0 Å². The van der Waals surface area contributed by atoms with Crippen molar-refractivity contribution >= 4 is 11.6 Å². The molecule has 0 spiro atoms. The maximum absolute atomic E-state index is 12.3. The molecular weight excluding hydrogens is 360 g/mol. The summed E-state index contributed by atoms with van der Waals surface area (Å²) in [5, 5.41) is 14.6. The van der Waals surface area contributed by atoms with Crippen LogP contribution in [0.1, 0.15) is 29.3 Å². The minimum absolute atomic E-state index is 0.132. The first kappa shape index (κ1) is 18.8. The summed E-state index contributed by atoms with van der Waals surface area (Å²) in [6.07, 6.45) is 0.235. The molecule has 0 bridgehead atoms. The van der Waals surface area contributed by atoms with Crippen molar-refractivity contribution in [1.82, 2.24) is 15.0 Å². The van der Waals surface area contributed by atoms with E-state index in [-0.39, 0.29) is 17.7 Å². The smallest absolute Gasteiger partial charge is 0.335 e. The molecule has 3 aromatic rings. The second-order valence-corrected chi connectivity index (χ2v) is 5.85. The molecule has 28 heavy (non-hydrogen) atoms. The first-order valence-corrected chi connectivity index (χ1v) is 8.59. The molecule has 8 heteroatoms. The normalized spacial score (nSPS) is 11.2. The van der Waals surface area contributed by atoms with Gasteiger partial charge in [0.25, 0.3) is 11.5 Å². The number of hydrogen-bond donors (Lipinski definition) is 3. The van der Waals surface area contributed by atoms with Crippen LogP contribution in [0.25, 0.3) is 5.69 Å². The predicted molar refractivity (Wildman–Crippen MR) is 105 cm³/mol. The summed E-state index contributed by atoms with van der Waals surface area (Å²) in [6.45, 7) is 1.71. The quantitative estimate of drug-likeness (QED) is 0.463. The first-order chi connectivity index (χ1) is 13.5. The van der Waals surface area contributed by atoms with Gasteiger partial charge in [-0.05, 0) is 30.7 Å². The summed E-state index contributed by atoms with van der Waals surface area (Å²) in [6, 6.07) is 16.8. The van der Waals surface area contributed by atoms with E-state index in [1.807, 2.05) is 0 Å². The van der Waals surface area contributed by atoms with Gasteiger partial charge >= 0.3 is 5.69 Å². The molecule has 142 valence electrons. The van der Waals surface area contributed by atoms with Gasteiger partial charge in [-0.25, -0.2) is 14.8 Å².